The van der Waals surface area contributed by atoms with Crippen LogP contribution in [0.4, 0.5) is 5.69 Å². The molecule has 0 saturated heterocycles. The fraction of sp³-hybridized carbons (Fsp3) is 0.0667. The van der Waals surface area contributed by atoms with Crippen LogP contribution in [0, 0.1) is 0 Å². The van der Waals surface area contributed by atoms with Crippen LogP contribution in [0.3, 0.4) is 0 Å². The molecule has 0 aromatic heterocycles. The Balaban J connectivity index is 1.58. The normalized spacial score (nSPS) is 14.5. The molecule has 166 valence electrons. The van der Waals surface area contributed by atoms with Gasteiger partial charge in [0.1, 0.15) is 0 Å². The van der Waals surface area contributed by atoms with E-state index in [0.717, 1.165) is 33.3 Å². The van der Waals surface area contributed by atoms with E-state index in [1.165, 1.54) is 0 Å². The lowest BCUT2D eigenvalue weighted by Crippen LogP contribution is -2.25. The summed E-state index contributed by atoms with van der Waals surface area (Å²) in [5, 5.41) is 2.09. The van der Waals surface area contributed by atoms with Crippen LogP contribution in [0.1, 0.15) is 28.4 Å². The number of rotatable bonds is 5. The molecule has 4 aromatic rings. The molecule has 4 heteroatoms. The summed E-state index contributed by atoms with van der Waals surface area (Å²) >= 11 is 0. The predicted octanol–water partition coefficient (Wildman–Crippen LogP) is 6.49. The van der Waals surface area contributed by atoms with Crippen LogP contribution in [0.2, 0.25) is 0 Å². The fourth-order valence-corrected chi connectivity index (χ4v) is 4.19. The Kier molecular flexibility index (Phi) is 5.79. The second kappa shape index (κ2) is 9.20. The summed E-state index contributed by atoms with van der Waals surface area (Å²) in [4.78, 5) is 27.5. The van der Waals surface area contributed by atoms with Gasteiger partial charge in [-0.2, -0.15) is 0 Å². The van der Waals surface area contributed by atoms with Crippen molar-refractivity contribution in [2.45, 2.75) is 6.92 Å². The van der Waals surface area contributed by atoms with Crippen molar-refractivity contribution in [1.82, 2.24) is 0 Å². The van der Waals surface area contributed by atoms with E-state index in [-0.39, 0.29) is 11.9 Å². The quantitative estimate of drug-likeness (QED) is 0.261. The zero-order valence-corrected chi connectivity index (χ0v) is 18.8. The van der Waals surface area contributed by atoms with Crippen molar-refractivity contribution in [3.63, 3.8) is 0 Å². The average Bonchev–Trinajstić information content (AvgIpc) is 3.20. The first-order valence-corrected chi connectivity index (χ1v) is 11.2. The first-order chi connectivity index (χ1) is 16.7. The Morgan fingerprint density at radius 3 is 2.32 bits per heavy atom. The molecule has 4 aromatic carbocycles. The van der Waals surface area contributed by atoms with Crippen molar-refractivity contribution >= 4 is 40.1 Å². The van der Waals surface area contributed by atoms with Crippen molar-refractivity contribution < 1.29 is 14.3 Å². The maximum absolute atomic E-state index is 13.7. The van der Waals surface area contributed by atoms with Gasteiger partial charge in [-0.3, -0.25) is 9.69 Å². The summed E-state index contributed by atoms with van der Waals surface area (Å²) in [5.41, 5.74) is 4.54. The zero-order valence-electron chi connectivity index (χ0n) is 18.8. The van der Waals surface area contributed by atoms with Crippen molar-refractivity contribution in [2.24, 2.45) is 0 Å². The molecular formula is C30H23NO3. The van der Waals surface area contributed by atoms with Crippen molar-refractivity contribution in [2.75, 3.05) is 11.5 Å². The number of nitrogens with zero attached hydrogens (tertiary/aromatic N) is 1. The van der Waals surface area contributed by atoms with E-state index in [2.05, 4.69) is 0 Å². The van der Waals surface area contributed by atoms with Crippen molar-refractivity contribution in [3.05, 3.63) is 125 Å². The van der Waals surface area contributed by atoms with Gasteiger partial charge >= 0.3 is 5.97 Å². The molecule has 4 nitrogen and oxygen atoms in total. The van der Waals surface area contributed by atoms with Gasteiger partial charge in [0.05, 0.1) is 23.6 Å². The van der Waals surface area contributed by atoms with E-state index in [9.17, 15) is 9.59 Å². The molecule has 1 aliphatic rings. The van der Waals surface area contributed by atoms with E-state index in [1.54, 1.807) is 24.0 Å². The van der Waals surface area contributed by atoms with Crippen molar-refractivity contribution in [3.8, 4) is 0 Å². The van der Waals surface area contributed by atoms with E-state index in [0.29, 0.717) is 17.7 Å². The van der Waals surface area contributed by atoms with Gasteiger partial charge < -0.3 is 4.74 Å². The van der Waals surface area contributed by atoms with Gasteiger partial charge in [0.15, 0.2) is 0 Å². The van der Waals surface area contributed by atoms with Crippen LogP contribution < -0.4 is 4.90 Å². The third-order valence-electron chi connectivity index (χ3n) is 5.80. The highest BCUT2D eigenvalue weighted by atomic mass is 16.5. The van der Waals surface area contributed by atoms with Gasteiger partial charge in [-0.15, -0.1) is 0 Å². The summed E-state index contributed by atoms with van der Waals surface area (Å²) < 4.78 is 5.05. The van der Waals surface area contributed by atoms with Crippen molar-refractivity contribution in [1.29, 1.82) is 0 Å². The standard InChI is InChI=1S/C30H23NO3/c1-2-34-30(33)24-17-15-21(16-18-24)19-25-20-28(23-10-4-3-5-11-23)31(29(25)32)27-14-8-12-22-9-6-7-13-26(22)27/h3-20H,2H2,1H3. The van der Waals surface area contributed by atoms with Crippen LogP contribution in [-0.4, -0.2) is 18.5 Å². The molecule has 0 saturated carbocycles. The smallest absolute Gasteiger partial charge is 0.338 e. The molecule has 1 amide bonds. The maximum atomic E-state index is 13.7. The highest BCUT2D eigenvalue weighted by Crippen LogP contribution is 2.38. The Bertz CT molecular complexity index is 1430. The van der Waals surface area contributed by atoms with Gasteiger partial charge in [0, 0.05) is 11.0 Å². The van der Waals surface area contributed by atoms with Crippen LogP contribution >= 0.6 is 0 Å². The largest absolute Gasteiger partial charge is 0.462 e. The Morgan fingerprint density at radius 1 is 0.853 bits per heavy atom. The molecule has 1 aliphatic heterocycles. The van der Waals surface area contributed by atoms with Gasteiger partial charge in [-0.25, -0.2) is 4.79 Å². The van der Waals surface area contributed by atoms with E-state index < -0.39 is 0 Å². The number of carbonyl (C=O) groups is 2. The summed E-state index contributed by atoms with van der Waals surface area (Å²) in [6.07, 6.45) is 3.78. The third kappa shape index (κ3) is 4.02. The molecule has 0 radical (unpaired) electrons. The van der Waals surface area contributed by atoms with Gasteiger partial charge in [0.2, 0.25) is 0 Å². The Labute approximate surface area is 198 Å². The molecule has 0 fully saturated rings. The van der Waals surface area contributed by atoms with Crippen LogP contribution in [-0.2, 0) is 9.53 Å². The molecule has 34 heavy (non-hydrogen) atoms. The number of ether oxygens (including phenoxy) is 1. The number of hydrogen-bond acceptors (Lipinski definition) is 3. The third-order valence-corrected chi connectivity index (χ3v) is 5.80. The minimum atomic E-state index is -0.355. The lowest BCUT2D eigenvalue weighted by molar-refractivity contribution is -0.113. The number of amides is 1. The minimum absolute atomic E-state index is 0.0929. The molecule has 1 heterocycles. The fourth-order valence-electron chi connectivity index (χ4n) is 4.19. The molecule has 0 N–H and O–H groups in total. The zero-order chi connectivity index (χ0) is 23.5. The van der Waals surface area contributed by atoms with E-state index >= 15 is 0 Å². The predicted molar refractivity (Wildman–Crippen MR) is 136 cm³/mol. The van der Waals surface area contributed by atoms with E-state index in [4.69, 9.17) is 4.74 Å². The van der Waals surface area contributed by atoms with E-state index in [1.807, 2.05) is 97.1 Å². The second-order valence-electron chi connectivity index (χ2n) is 7.98. The van der Waals surface area contributed by atoms with Crippen LogP contribution in [0.5, 0.6) is 0 Å². The average molecular weight is 446 g/mol. The van der Waals surface area contributed by atoms with Gasteiger partial charge in [0.25, 0.3) is 5.91 Å². The summed E-state index contributed by atoms with van der Waals surface area (Å²) in [6, 6.07) is 31.1. The Hall–Kier alpha value is -4.44. The summed E-state index contributed by atoms with van der Waals surface area (Å²) in [7, 11) is 0. The molecular weight excluding hydrogens is 422 g/mol. The molecule has 0 bridgehead atoms. The first-order valence-electron chi connectivity index (χ1n) is 11.2. The molecule has 0 atom stereocenters. The highest BCUT2D eigenvalue weighted by Gasteiger charge is 2.31. The number of anilines is 1. The lowest BCUT2D eigenvalue weighted by Gasteiger charge is -2.22. The van der Waals surface area contributed by atoms with Crippen LogP contribution in [0.25, 0.3) is 22.5 Å². The molecule has 0 spiro atoms. The van der Waals surface area contributed by atoms with Crippen LogP contribution in [0.15, 0.2) is 109 Å². The number of carbonyl (C=O) groups excluding carboxylic acids is 2. The number of fused-ring (bicyclic) bond motifs is 1. The number of benzene rings is 4. The highest BCUT2D eigenvalue weighted by molar-refractivity contribution is 6.25. The summed E-state index contributed by atoms with van der Waals surface area (Å²) in [6.45, 7) is 2.11. The second-order valence-corrected chi connectivity index (χ2v) is 7.98. The minimum Gasteiger partial charge on any atom is -0.462 e. The monoisotopic (exact) mass is 445 g/mol. The first kappa shape index (κ1) is 21.4. The van der Waals surface area contributed by atoms with Gasteiger partial charge in [-0.1, -0.05) is 78.9 Å². The topological polar surface area (TPSA) is 46.6 Å². The number of esters is 1. The maximum Gasteiger partial charge on any atom is 0.338 e. The number of hydrogen-bond donors (Lipinski definition) is 0. The van der Waals surface area contributed by atoms with Gasteiger partial charge in [-0.05, 0) is 53.8 Å². The Morgan fingerprint density at radius 2 is 1.56 bits per heavy atom. The lowest BCUT2D eigenvalue weighted by atomic mass is 10.1. The molecule has 0 aliphatic carbocycles. The molecule has 5 rings (SSSR count). The summed E-state index contributed by atoms with van der Waals surface area (Å²) in [5.74, 6) is -0.447. The SMILES string of the molecule is CCOC(=O)c1ccc(C=C2C=C(c3ccccc3)N(c3cccc4ccccc34)C2=O)cc1. The molecule has 0 unspecified atom stereocenters.